The first kappa shape index (κ1) is 14.7. The number of nitrogens with two attached hydrogens (primary N) is 1. The van der Waals surface area contributed by atoms with Crippen LogP contribution < -0.4 is 5.73 Å². The van der Waals surface area contributed by atoms with Crippen LogP contribution in [0.4, 0.5) is 10.3 Å². The highest BCUT2D eigenvalue weighted by molar-refractivity contribution is 6.33. The number of fused-ring (bicyclic) bond motifs is 1. The molecule has 0 bridgehead atoms. The normalized spacial score (nSPS) is 32.9. The fourth-order valence-electron chi connectivity index (χ4n) is 2.62. The number of nitrogens with zero attached hydrogens (tertiary/aromatic N) is 4. The highest BCUT2D eigenvalue weighted by Gasteiger charge is 2.55. The smallest absolute Gasteiger partial charge is 0.233 e. The molecule has 3 rings (SSSR count). The molecule has 9 heteroatoms. The molecule has 0 spiro atoms. The summed E-state index contributed by atoms with van der Waals surface area (Å²) in [6.45, 7) is 3.64. The fraction of sp³-hybridized carbons (Fsp3) is 0.583. The lowest BCUT2D eigenvalue weighted by Crippen LogP contribution is -2.30. The second kappa shape index (κ2) is 4.93. The van der Waals surface area contributed by atoms with E-state index in [0.717, 1.165) is 0 Å². The van der Waals surface area contributed by atoms with Gasteiger partial charge in [0.05, 0.1) is 12.4 Å². The van der Waals surface area contributed by atoms with Crippen LogP contribution in [0.15, 0.2) is 6.33 Å². The number of ether oxygens (including phenoxy) is 1. The lowest BCUT2D eigenvalue weighted by atomic mass is 9.99. The first-order valence-corrected chi connectivity index (χ1v) is 7.30. The first-order valence-electron chi connectivity index (χ1n) is 6.55. The molecule has 2 aromatic rings. The van der Waals surface area contributed by atoms with Crippen LogP contribution in [0, 0.1) is 5.92 Å². The number of hydrogen-bond acceptors (Lipinski definition) is 5. The molecule has 6 nitrogen and oxygen atoms in total. The van der Waals surface area contributed by atoms with Crippen molar-refractivity contribution in [2.75, 3.05) is 5.73 Å². The van der Waals surface area contributed by atoms with E-state index in [1.165, 1.54) is 10.9 Å². The Kier molecular flexibility index (Phi) is 3.46. The van der Waals surface area contributed by atoms with E-state index in [4.69, 9.17) is 33.7 Å². The third kappa shape index (κ3) is 2.15. The molecule has 1 unspecified atom stereocenters. The van der Waals surface area contributed by atoms with Gasteiger partial charge in [-0.3, -0.25) is 4.57 Å². The second-order valence-corrected chi connectivity index (χ2v) is 6.03. The van der Waals surface area contributed by atoms with Gasteiger partial charge in [-0.15, -0.1) is 0 Å². The molecule has 0 aromatic carbocycles. The molecule has 0 radical (unpaired) electrons. The van der Waals surface area contributed by atoms with Gasteiger partial charge in [0.15, 0.2) is 17.0 Å². The minimum Gasteiger partial charge on any atom is -0.368 e. The molecule has 1 saturated heterocycles. The monoisotopic (exact) mass is 333 g/mol. The Labute approximate surface area is 130 Å². The van der Waals surface area contributed by atoms with Crippen molar-refractivity contribution in [1.29, 1.82) is 0 Å². The lowest BCUT2D eigenvalue weighted by Gasteiger charge is -2.23. The van der Waals surface area contributed by atoms with Crippen molar-refractivity contribution in [3.63, 3.8) is 0 Å². The second-order valence-electron chi connectivity index (χ2n) is 5.10. The van der Waals surface area contributed by atoms with Crippen LogP contribution in [-0.2, 0) is 4.74 Å². The van der Waals surface area contributed by atoms with Crippen molar-refractivity contribution >= 4 is 40.3 Å². The van der Waals surface area contributed by atoms with E-state index < -0.39 is 17.3 Å². The summed E-state index contributed by atoms with van der Waals surface area (Å²) >= 11 is 12.0. The highest BCUT2D eigenvalue weighted by Crippen LogP contribution is 2.49. The van der Waals surface area contributed by atoms with Gasteiger partial charge in [0.2, 0.25) is 11.1 Å². The van der Waals surface area contributed by atoms with Crippen LogP contribution in [0.25, 0.3) is 11.2 Å². The largest absolute Gasteiger partial charge is 0.368 e. The number of aromatic nitrogens is 4. The molecule has 1 aliphatic heterocycles. The zero-order valence-corrected chi connectivity index (χ0v) is 12.9. The number of rotatable bonds is 2. The van der Waals surface area contributed by atoms with Crippen LogP contribution >= 0.6 is 23.2 Å². The molecule has 114 valence electrons. The van der Waals surface area contributed by atoms with E-state index >= 15 is 0 Å². The minimum absolute atomic E-state index is 0.0219. The molecular formula is C12H14Cl2FN5O. The van der Waals surface area contributed by atoms with Crippen molar-refractivity contribution in [3.8, 4) is 0 Å². The van der Waals surface area contributed by atoms with Crippen LogP contribution in [0.2, 0.25) is 5.15 Å². The first-order chi connectivity index (χ1) is 9.86. The summed E-state index contributed by atoms with van der Waals surface area (Å²) < 4.78 is 22.0. The van der Waals surface area contributed by atoms with Crippen LogP contribution in [-0.4, -0.2) is 30.8 Å². The number of anilines is 1. The maximum Gasteiger partial charge on any atom is 0.233 e. The summed E-state index contributed by atoms with van der Waals surface area (Å²) in [5.41, 5.74) is 6.21. The summed E-state index contributed by atoms with van der Waals surface area (Å²) in [7, 11) is 0. The number of alkyl halides is 2. The third-order valence-electron chi connectivity index (χ3n) is 3.85. The van der Waals surface area contributed by atoms with E-state index in [1.807, 2.05) is 6.92 Å². The highest BCUT2D eigenvalue weighted by atomic mass is 35.5. The Bertz CT molecular complexity index is 692. The van der Waals surface area contributed by atoms with Gasteiger partial charge in [-0.1, -0.05) is 37.0 Å². The molecule has 3 heterocycles. The topological polar surface area (TPSA) is 78.8 Å². The SMILES string of the molecule is CC[C@H]1OC(n2cnc3c(Cl)nc(N)nc32)[C@@](F)(Cl)[C@@H]1C. The maximum atomic E-state index is 14.9. The third-order valence-corrected chi connectivity index (χ3v) is 4.64. The van der Waals surface area contributed by atoms with E-state index in [2.05, 4.69) is 15.0 Å². The molecule has 1 aliphatic rings. The predicted molar refractivity (Wildman–Crippen MR) is 77.8 cm³/mol. The van der Waals surface area contributed by atoms with E-state index in [9.17, 15) is 4.39 Å². The van der Waals surface area contributed by atoms with Crippen LogP contribution in [0.5, 0.6) is 0 Å². The van der Waals surface area contributed by atoms with Gasteiger partial charge in [-0.05, 0) is 6.42 Å². The molecule has 2 aromatic heterocycles. The van der Waals surface area contributed by atoms with Crippen molar-refractivity contribution < 1.29 is 9.13 Å². The van der Waals surface area contributed by atoms with E-state index in [-0.39, 0.29) is 17.2 Å². The zero-order chi connectivity index (χ0) is 15.4. The molecule has 0 amide bonds. The van der Waals surface area contributed by atoms with Gasteiger partial charge >= 0.3 is 0 Å². The Hall–Kier alpha value is -1.18. The van der Waals surface area contributed by atoms with Gasteiger partial charge < -0.3 is 10.5 Å². The summed E-state index contributed by atoms with van der Waals surface area (Å²) in [6.07, 6.45) is 0.705. The van der Waals surface area contributed by atoms with Crippen molar-refractivity contribution in [2.45, 2.75) is 37.7 Å². The number of halogens is 3. The zero-order valence-electron chi connectivity index (χ0n) is 11.4. The predicted octanol–water partition coefficient (Wildman–Crippen LogP) is 2.91. The Morgan fingerprint density at radius 2 is 2.24 bits per heavy atom. The van der Waals surface area contributed by atoms with Gasteiger partial charge in [0, 0.05) is 5.92 Å². The summed E-state index contributed by atoms with van der Waals surface area (Å²) in [4.78, 5) is 12.0. The van der Waals surface area contributed by atoms with Crippen LogP contribution in [0.3, 0.4) is 0 Å². The van der Waals surface area contributed by atoms with Crippen LogP contribution in [0.1, 0.15) is 26.5 Å². The molecule has 1 fully saturated rings. The fourth-order valence-corrected chi connectivity index (χ4v) is 3.13. The van der Waals surface area contributed by atoms with Crippen molar-refractivity contribution in [1.82, 2.24) is 19.5 Å². The van der Waals surface area contributed by atoms with Crippen molar-refractivity contribution in [2.24, 2.45) is 5.92 Å². The lowest BCUT2D eigenvalue weighted by molar-refractivity contribution is -0.0271. The Morgan fingerprint density at radius 3 is 2.86 bits per heavy atom. The van der Waals surface area contributed by atoms with E-state index in [1.54, 1.807) is 6.92 Å². The molecule has 0 aliphatic carbocycles. The Morgan fingerprint density at radius 1 is 1.52 bits per heavy atom. The van der Waals surface area contributed by atoms with Gasteiger partial charge in [-0.2, -0.15) is 9.97 Å². The van der Waals surface area contributed by atoms with Gasteiger partial charge in [0.1, 0.15) is 5.52 Å². The molecule has 0 saturated carbocycles. The summed E-state index contributed by atoms with van der Waals surface area (Å²) in [6, 6.07) is 0. The van der Waals surface area contributed by atoms with Gasteiger partial charge in [0.25, 0.3) is 0 Å². The van der Waals surface area contributed by atoms with Gasteiger partial charge in [-0.25, -0.2) is 9.37 Å². The average Bonchev–Trinajstić information content (AvgIpc) is 2.91. The number of nitrogen functional groups attached to an aromatic ring is 1. The quantitative estimate of drug-likeness (QED) is 0.675. The minimum atomic E-state index is -2.07. The Balaban J connectivity index is 2.13. The molecular weight excluding hydrogens is 320 g/mol. The number of imidazole rings is 1. The standard InChI is InChI=1S/C12H14Cl2FN5O/c1-3-6-5(2)12(14,15)10(21-6)20-4-17-7-8(13)18-11(16)19-9(7)20/h4-6,10H,3H2,1-2H3,(H2,16,18,19)/t5-,6-,10?,12-/m1/s1. The summed E-state index contributed by atoms with van der Waals surface area (Å²) in [5.74, 6) is -0.493. The molecule has 2 N–H and O–H groups in total. The molecule has 4 atom stereocenters. The van der Waals surface area contributed by atoms with Crippen molar-refractivity contribution in [3.05, 3.63) is 11.5 Å². The van der Waals surface area contributed by atoms with E-state index in [0.29, 0.717) is 17.6 Å². The average molecular weight is 334 g/mol. The molecule has 21 heavy (non-hydrogen) atoms. The summed E-state index contributed by atoms with van der Waals surface area (Å²) in [5, 5.41) is -1.96. The maximum absolute atomic E-state index is 14.9. The number of hydrogen-bond donors (Lipinski definition) is 1.